The first-order valence-corrected chi connectivity index (χ1v) is 5.02. The summed E-state index contributed by atoms with van der Waals surface area (Å²) >= 11 is 0. The molecule has 1 fully saturated rings. The summed E-state index contributed by atoms with van der Waals surface area (Å²) in [6, 6.07) is 0.516. The van der Waals surface area contributed by atoms with Crippen molar-refractivity contribution in [2.24, 2.45) is 0 Å². The van der Waals surface area contributed by atoms with Crippen LogP contribution < -0.4 is 0 Å². The highest BCUT2D eigenvalue weighted by Crippen LogP contribution is 2.19. The van der Waals surface area contributed by atoms with Crippen molar-refractivity contribution in [3.05, 3.63) is 0 Å². The molecular formula is C10H19NO. The Hall–Kier alpha value is -0.530. The van der Waals surface area contributed by atoms with Crippen molar-refractivity contribution in [3.63, 3.8) is 0 Å². The zero-order valence-corrected chi connectivity index (χ0v) is 7.96. The molecule has 0 spiro atoms. The second-order valence-corrected chi connectivity index (χ2v) is 3.77. The molecule has 1 aliphatic rings. The Balaban J connectivity index is 2.33. The summed E-state index contributed by atoms with van der Waals surface area (Å²) in [5, 5.41) is 0. The van der Waals surface area contributed by atoms with Crippen molar-refractivity contribution in [2.45, 2.75) is 51.0 Å². The summed E-state index contributed by atoms with van der Waals surface area (Å²) < 4.78 is 0. The van der Waals surface area contributed by atoms with Crippen LogP contribution in [0.2, 0.25) is 0 Å². The Labute approximate surface area is 74.9 Å². The molecule has 0 heterocycles. The number of carbonyl (C=O) groups excluding carboxylic acids is 1. The van der Waals surface area contributed by atoms with E-state index in [1.807, 2.05) is 11.9 Å². The number of nitrogens with zero attached hydrogens (tertiary/aromatic N) is 1. The van der Waals surface area contributed by atoms with E-state index in [-0.39, 0.29) is 0 Å². The number of hydrogen-bond acceptors (Lipinski definition) is 1. The highest BCUT2D eigenvalue weighted by atomic mass is 16.1. The lowest BCUT2D eigenvalue weighted by Crippen LogP contribution is -2.30. The molecule has 0 N–H and O–H groups in total. The maximum absolute atomic E-state index is 10.5. The standard InChI is InChI=1S/C10H19NO/c1-11(9-12)10-7-5-3-2-4-6-8-10/h9-10H,2-8H2,1H3. The van der Waals surface area contributed by atoms with E-state index in [1.54, 1.807) is 0 Å². The Bertz CT molecular complexity index is 128. The molecule has 0 aromatic carbocycles. The SMILES string of the molecule is CN(C=O)C1CCCCCCC1. The van der Waals surface area contributed by atoms with Gasteiger partial charge in [-0.25, -0.2) is 0 Å². The predicted octanol–water partition coefficient (Wildman–Crippen LogP) is 2.19. The molecule has 2 nitrogen and oxygen atoms in total. The molecule has 1 saturated carbocycles. The molecule has 0 aliphatic heterocycles. The zero-order valence-electron chi connectivity index (χ0n) is 7.96. The molecule has 1 rings (SSSR count). The average Bonchev–Trinajstić information content (AvgIpc) is 2.02. The van der Waals surface area contributed by atoms with Gasteiger partial charge in [0.2, 0.25) is 6.41 Å². The lowest BCUT2D eigenvalue weighted by molar-refractivity contribution is -0.119. The van der Waals surface area contributed by atoms with Crippen LogP contribution >= 0.6 is 0 Å². The first-order valence-electron chi connectivity index (χ1n) is 5.02. The Morgan fingerprint density at radius 2 is 1.58 bits per heavy atom. The maximum Gasteiger partial charge on any atom is 0.209 e. The largest absolute Gasteiger partial charge is 0.345 e. The molecule has 0 saturated heterocycles. The monoisotopic (exact) mass is 169 g/mol. The van der Waals surface area contributed by atoms with Crippen LogP contribution in [0.5, 0.6) is 0 Å². The molecule has 1 amide bonds. The van der Waals surface area contributed by atoms with Gasteiger partial charge in [0, 0.05) is 13.1 Å². The van der Waals surface area contributed by atoms with Gasteiger partial charge >= 0.3 is 0 Å². The van der Waals surface area contributed by atoms with Gasteiger partial charge in [0.15, 0.2) is 0 Å². The van der Waals surface area contributed by atoms with Crippen LogP contribution in [0, 0.1) is 0 Å². The van der Waals surface area contributed by atoms with Crippen LogP contribution in [-0.4, -0.2) is 24.4 Å². The van der Waals surface area contributed by atoms with Gasteiger partial charge in [-0.1, -0.05) is 32.1 Å². The van der Waals surface area contributed by atoms with E-state index >= 15 is 0 Å². The molecule has 2 heteroatoms. The molecule has 0 unspecified atom stereocenters. The van der Waals surface area contributed by atoms with Crippen LogP contribution in [0.25, 0.3) is 0 Å². The predicted molar refractivity (Wildman–Crippen MR) is 49.9 cm³/mol. The summed E-state index contributed by atoms with van der Waals surface area (Å²) in [5.74, 6) is 0. The Morgan fingerprint density at radius 1 is 1.08 bits per heavy atom. The fourth-order valence-electron chi connectivity index (χ4n) is 1.93. The van der Waals surface area contributed by atoms with Crippen molar-refractivity contribution in [2.75, 3.05) is 7.05 Å². The second kappa shape index (κ2) is 5.18. The van der Waals surface area contributed by atoms with Gasteiger partial charge in [0.1, 0.15) is 0 Å². The smallest absolute Gasteiger partial charge is 0.209 e. The van der Waals surface area contributed by atoms with Gasteiger partial charge in [-0.05, 0) is 12.8 Å². The Kier molecular flexibility index (Phi) is 4.12. The van der Waals surface area contributed by atoms with E-state index in [2.05, 4.69) is 0 Å². The van der Waals surface area contributed by atoms with Crippen LogP contribution in [0.1, 0.15) is 44.9 Å². The van der Waals surface area contributed by atoms with Crippen molar-refractivity contribution in [1.29, 1.82) is 0 Å². The number of rotatable bonds is 2. The minimum Gasteiger partial charge on any atom is -0.345 e. The van der Waals surface area contributed by atoms with Crippen molar-refractivity contribution in [3.8, 4) is 0 Å². The fraction of sp³-hybridized carbons (Fsp3) is 0.900. The summed E-state index contributed by atoms with van der Waals surface area (Å²) in [5.41, 5.74) is 0. The normalized spacial score (nSPS) is 21.1. The van der Waals surface area contributed by atoms with Gasteiger partial charge in [-0.3, -0.25) is 4.79 Å². The van der Waals surface area contributed by atoms with Crippen molar-refractivity contribution in [1.82, 2.24) is 4.90 Å². The molecule has 0 aromatic heterocycles. The van der Waals surface area contributed by atoms with E-state index in [4.69, 9.17) is 0 Å². The summed E-state index contributed by atoms with van der Waals surface area (Å²) in [4.78, 5) is 12.4. The van der Waals surface area contributed by atoms with E-state index in [0.717, 1.165) is 6.41 Å². The second-order valence-electron chi connectivity index (χ2n) is 3.77. The molecule has 0 radical (unpaired) electrons. The van der Waals surface area contributed by atoms with Gasteiger partial charge < -0.3 is 4.90 Å². The molecule has 0 atom stereocenters. The number of amides is 1. The molecular weight excluding hydrogens is 150 g/mol. The minimum atomic E-state index is 0.516. The molecule has 1 aliphatic carbocycles. The van der Waals surface area contributed by atoms with E-state index in [0.29, 0.717) is 6.04 Å². The van der Waals surface area contributed by atoms with Crippen LogP contribution in [0.15, 0.2) is 0 Å². The van der Waals surface area contributed by atoms with Crippen molar-refractivity contribution < 1.29 is 4.79 Å². The van der Waals surface area contributed by atoms with Crippen LogP contribution in [-0.2, 0) is 4.79 Å². The number of carbonyl (C=O) groups is 1. The van der Waals surface area contributed by atoms with Gasteiger partial charge in [0.05, 0.1) is 0 Å². The fourth-order valence-corrected chi connectivity index (χ4v) is 1.93. The van der Waals surface area contributed by atoms with E-state index in [9.17, 15) is 4.79 Å². The third kappa shape index (κ3) is 2.84. The highest BCUT2D eigenvalue weighted by molar-refractivity contribution is 5.46. The first-order chi connectivity index (χ1) is 5.84. The molecule has 70 valence electrons. The lowest BCUT2D eigenvalue weighted by Gasteiger charge is -2.26. The van der Waals surface area contributed by atoms with E-state index in [1.165, 1.54) is 44.9 Å². The average molecular weight is 169 g/mol. The maximum atomic E-state index is 10.5. The third-order valence-electron chi connectivity index (χ3n) is 2.82. The molecule has 0 aromatic rings. The van der Waals surface area contributed by atoms with E-state index < -0.39 is 0 Å². The third-order valence-corrected chi connectivity index (χ3v) is 2.82. The summed E-state index contributed by atoms with van der Waals surface area (Å²) in [7, 11) is 1.90. The van der Waals surface area contributed by atoms with Crippen LogP contribution in [0.4, 0.5) is 0 Å². The Morgan fingerprint density at radius 3 is 2.08 bits per heavy atom. The lowest BCUT2D eigenvalue weighted by atomic mass is 9.96. The molecule has 12 heavy (non-hydrogen) atoms. The minimum absolute atomic E-state index is 0.516. The topological polar surface area (TPSA) is 20.3 Å². The highest BCUT2D eigenvalue weighted by Gasteiger charge is 2.13. The quantitative estimate of drug-likeness (QED) is 0.580. The summed E-state index contributed by atoms with van der Waals surface area (Å²) in [6.07, 6.45) is 10.0. The van der Waals surface area contributed by atoms with Gasteiger partial charge in [-0.2, -0.15) is 0 Å². The first kappa shape index (κ1) is 9.56. The summed E-state index contributed by atoms with van der Waals surface area (Å²) in [6.45, 7) is 0. The van der Waals surface area contributed by atoms with Gasteiger partial charge in [-0.15, -0.1) is 0 Å². The molecule has 0 bridgehead atoms. The van der Waals surface area contributed by atoms with Crippen LogP contribution in [0.3, 0.4) is 0 Å². The van der Waals surface area contributed by atoms with Crippen molar-refractivity contribution >= 4 is 6.41 Å². The number of hydrogen-bond donors (Lipinski definition) is 0. The van der Waals surface area contributed by atoms with Gasteiger partial charge in [0.25, 0.3) is 0 Å². The zero-order chi connectivity index (χ0) is 8.81.